The van der Waals surface area contributed by atoms with Crippen molar-refractivity contribution in [3.8, 4) is 5.69 Å². The highest BCUT2D eigenvalue weighted by Crippen LogP contribution is 2.47. The summed E-state index contributed by atoms with van der Waals surface area (Å²) >= 11 is 0. The van der Waals surface area contributed by atoms with Gasteiger partial charge in [0, 0.05) is 44.7 Å². The van der Waals surface area contributed by atoms with E-state index in [9.17, 15) is 0 Å². The van der Waals surface area contributed by atoms with Gasteiger partial charge in [0.05, 0.1) is 28.5 Å². The lowest BCUT2D eigenvalue weighted by Crippen LogP contribution is -2.28. The van der Waals surface area contributed by atoms with Gasteiger partial charge < -0.3 is 8.98 Å². The third-order valence-electron chi connectivity index (χ3n) is 15.3. The van der Waals surface area contributed by atoms with E-state index in [4.69, 9.17) is 14.4 Å². The van der Waals surface area contributed by atoms with Gasteiger partial charge in [-0.1, -0.05) is 177 Å². The summed E-state index contributed by atoms with van der Waals surface area (Å²) in [4.78, 5) is 11.8. The fraction of sp³-hybridized carbons (Fsp3) is 0.0606. The van der Waals surface area contributed by atoms with Crippen LogP contribution in [0.1, 0.15) is 36.1 Å². The van der Waals surface area contributed by atoms with E-state index in [-0.39, 0.29) is 12.0 Å². The zero-order valence-corrected chi connectivity index (χ0v) is 38.4. The van der Waals surface area contributed by atoms with Gasteiger partial charge in [0.1, 0.15) is 11.2 Å². The second-order valence-corrected chi connectivity index (χ2v) is 19.0. The Kier molecular flexibility index (Phi) is 8.43. The van der Waals surface area contributed by atoms with E-state index in [0.717, 1.165) is 84.1 Å². The van der Waals surface area contributed by atoms with E-state index in [1.807, 2.05) is 0 Å². The third kappa shape index (κ3) is 5.71. The number of aromatic nitrogens is 1. The molecule has 328 valence electrons. The quantitative estimate of drug-likeness (QED) is 0.159. The molecular weight excluding hydrogens is 851 g/mol. The molecule has 2 atom stereocenters. The molecule has 2 aromatic heterocycles. The third-order valence-corrected chi connectivity index (χ3v) is 15.3. The van der Waals surface area contributed by atoms with Gasteiger partial charge in [0.15, 0.2) is 5.84 Å². The lowest BCUT2D eigenvalue weighted by Gasteiger charge is -2.31. The van der Waals surface area contributed by atoms with Crippen molar-refractivity contribution in [2.75, 3.05) is 0 Å². The topological polar surface area (TPSA) is 42.8 Å². The second kappa shape index (κ2) is 15.1. The van der Waals surface area contributed by atoms with Crippen molar-refractivity contribution >= 4 is 120 Å². The Morgan fingerprint density at radius 1 is 0.414 bits per heavy atom. The number of benzene rings is 12. The number of fused-ring (bicyclic) bond motifs is 15. The average molecular weight is 894 g/mol. The fourth-order valence-corrected chi connectivity index (χ4v) is 12.2. The summed E-state index contributed by atoms with van der Waals surface area (Å²) in [6.07, 6.45) is 0.814. The molecule has 0 radical (unpaired) electrons. The van der Waals surface area contributed by atoms with Crippen LogP contribution in [0.15, 0.2) is 233 Å². The van der Waals surface area contributed by atoms with Crippen LogP contribution in [0.4, 0.5) is 0 Å². The molecule has 0 bridgehead atoms. The maximum absolute atomic E-state index is 7.00. The molecule has 0 aliphatic carbocycles. The Labute approximate surface area is 403 Å². The maximum Gasteiger partial charge on any atom is 0.156 e. The SMILES string of the molecule is CCC1C(c2cc3ccccc3c3ccccc23)=NC(c2cc3ccccc3c3ccccc23)=NC1c1cc(-n2c3cc4ccccc4cc3c3c4ccccc4ccc32)cc2oc3ccccc3c12. The van der Waals surface area contributed by atoms with E-state index >= 15 is 0 Å². The zero-order valence-electron chi connectivity index (χ0n) is 38.4. The van der Waals surface area contributed by atoms with E-state index in [1.165, 1.54) is 64.6 Å². The van der Waals surface area contributed by atoms with E-state index in [2.05, 4.69) is 230 Å². The maximum atomic E-state index is 7.00. The summed E-state index contributed by atoms with van der Waals surface area (Å²) in [5.41, 5.74) is 9.40. The van der Waals surface area contributed by atoms with Crippen molar-refractivity contribution in [1.82, 2.24) is 4.57 Å². The van der Waals surface area contributed by atoms with Crippen LogP contribution in [0, 0.1) is 5.92 Å². The Balaban J connectivity index is 1.07. The van der Waals surface area contributed by atoms with Crippen molar-refractivity contribution in [3.63, 3.8) is 0 Å². The zero-order chi connectivity index (χ0) is 46.0. The molecule has 70 heavy (non-hydrogen) atoms. The minimum Gasteiger partial charge on any atom is -0.456 e. The molecule has 0 spiro atoms. The van der Waals surface area contributed by atoms with Crippen LogP contribution in [-0.2, 0) is 0 Å². The summed E-state index contributed by atoms with van der Waals surface area (Å²) in [6.45, 7) is 2.31. The molecule has 2 unspecified atom stereocenters. The number of para-hydroxylation sites is 1. The molecule has 4 nitrogen and oxygen atoms in total. The van der Waals surface area contributed by atoms with Gasteiger partial charge in [0.25, 0.3) is 0 Å². The summed E-state index contributed by atoms with van der Waals surface area (Å²) in [5, 5.41) is 19.1. The van der Waals surface area contributed by atoms with Crippen molar-refractivity contribution < 1.29 is 4.42 Å². The minimum atomic E-state index is -0.332. The lowest BCUT2D eigenvalue weighted by molar-refractivity contribution is 0.535. The number of nitrogens with zero attached hydrogens (tertiary/aromatic N) is 3. The van der Waals surface area contributed by atoms with Crippen LogP contribution in [-0.4, -0.2) is 16.1 Å². The molecule has 3 heterocycles. The van der Waals surface area contributed by atoms with Crippen molar-refractivity contribution in [1.29, 1.82) is 0 Å². The average Bonchev–Trinajstić information content (AvgIpc) is 3.97. The van der Waals surface area contributed by atoms with Gasteiger partial charge in [0.2, 0.25) is 0 Å². The highest BCUT2D eigenvalue weighted by atomic mass is 16.3. The van der Waals surface area contributed by atoms with Crippen LogP contribution in [0.2, 0.25) is 0 Å². The van der Waals surface area contributed by atoms with Crippen molar-refractivity contribution in [2.24, 2.45) is 15.9 Å². The standard InChI is InChI=1S/C66H43N3O/c1-2-45-64(54-34-42-20-6-8-22-46(42)49-25-11-13-27-51(49)54)67-66(55-35-43-21-7-9-23-47(43)50-26-12-14-28-52(50)55)68-65(45)57-37-44(38-61-63(57)53-29-15-16-30-60(53)70-61)69-58-32-31-39-17-5-10-24-48(39)62(58)56-33-40-18-3-4-19-41(40)36-59(56)69/h3-38,45,65H,2H2,1H3. The number of amidine groups is 1. The van der Waals surface area contributed by atoms with Crippen LogP contribution in [0.5, 0.6) is 0 Å². The molecule has 12 aromatic carbocycles. The van der Waals surface area contributed by atoms with Crippen LogP contribution in [0.3, 0.4) is 0 Å². The number of hydrogen-bond acceptors (Lipinski definition) is 3. The second-order valence-electron chi connectivity index (χ2n) is 19.0. The number of aliphatic imine (C=N–C) groups is 2. The van der Waals surface area contributed by atoms with Crippen LogP contribution in [0.25, 0.3) is 114 Å². The van der Waals surface area contributed by atoms with Gasteiger partial charge in [-0.3, -0.25) is 4.99 Å². The van der Waals surface area contributed by atoms with Gasteiger partial charge in [-0.05, 0) is 119 Å². The Bertz CT molecular complexity index is 4610. The Morgan fingerprint density at radius 2 is 0.971 bits per heavy atom. The predicted octanol–water partition coefficient (Wildman–Crippen LogP) is 17.6. The highest BCUT2D eigenvalue weighted by molar-refractivity contribution is 6.27. The molecule has 15 rings (SSSR count). The van der Waals surface area contributed by atoms with E-state index in [0.29, 0.717) is 0 Å². The van der Waals surface area contributed by atoms with E-state index in [1.54, 1.807) is 0 Å². The smallest absolute Gasteiger partial charge is 0.156 e. The first-order valence-corrected chi connectivity index (χ1v) is 24.5. The summed E-state index contributed by atoms with van der Waals surface area (Å²) < 4.78 is 9.47. The van der Waals surface area contributed by atoms with Gasteiger partial charge in [-0.2, -0.15) is 0 Å². The molecule has 1 aliphatic heterocycles. The normalized spacial score (nSPS) is 15.4. The molecule has 0 fully saturated rings. The highest BCUT2D eigenvalue weighted by Gasteiger charge is 2.36. The minimum absolute atomic E-state index is 0.0850. The fourth-order valence-electron chi connectivity index (χ4n) is 12.2. The molecule has 0 N–H and O–H groups in total. The van der Waals surface area contributed by atoms with Gasteiger partial charge in [-0.15, -0.1) is 0 Å². The predicted molar refractivity (Wildman–Crippen MR) is 296 cm³/mol. The largest absolute Gasteiger partial charge is 0.456 e. The Morgan fingerprint density at radius 3 is 1.67 bits per heavy atom. The van der Waals surface area contributed by atoms with E-state index < -0.39 is 0 Å². The molecular formula is C66H43N3O. The molecule has 1 aliphatic rings. The number of rotatable bonds is 5. The first-order chi connectivity index (χ1) is 34.7. The van der Waals surface area contributed by atoms with Crippen LogP contribution < -0.4 is 0 Å². The number of hydrogen-bond donors (Lipinski definition) is 0. The first kappa shape index (κ1) is 39.2. The molecule has 4 heteroatoms. The number of furan rings is 1. The summed E-state index contributed by atoms with van der Waals surface area (Å²) in [7, 11) is 0. The molecule has 0 amide bonds. The van der Waals surface area contributed by atoms with Crippen molar-refractivity contribution in [2.45, 2.75) is 19.4 Å². The van der Waals surface area contributed by atoms with Gasteiger partial charge >= 0.3 is 0 Å². The molecule has 0 saturated carbocycles. The summed E-state index contributed by atoms with van der Waals surface area (Å²) in [6, 6.07) is 79.4. The van der Waals surface area contributed by atoms with Crippen LogP contribution >= 0.6 is 0 Å². The lowest BCUT2D eigenvalue weighted by atomic mass is 9.80. The first-order valence-electron chi connectivity index (χ1n) is 24.5. The monoisotopic (exact) mass is 893 g/mol. The molecule has 14 aromatic rings. The van der Waals surface area contributed by atoms with Gasteiger partial charge in [-0.25, -0.2) is 4.99 Å². The van der Waals surface area contributed by atoms with Crippen molar-refractivity contribution in [3.05, 3.63) is 235 Å². The summed E-state index contributed by atoms with van der Waals surface area (Å²) in [5.74, 6) is 0.656. The Hall–Kier alpha value is -8.86. The molecule has 0 saturated heterocycles.